The summed E-state index contributed by atoms with van der Waals surface area (Å²) in [6.45, 7) is 7.04. The molecule has 0 aromatic rings. The Morgan fingerprint density at radius 1 is 1.38 bits per heavy atom. The molecule has 0 aromatic carbocycles. The molecule has 0 bridgehead atoms. The fraction of sp³-hybridized carbons (Fsp3) is 0.692. The molecule has 0 nitrogen and oxygen atoms in total. The lowest BCUT2D eigenvalue weighted by molar-refractivity contribution is 0.324. The van der Waals surface area contributed by atoms with Crippen LogP contribution in [0.25, 0.3) is 0 Å². The van der Waals surface area contributed by atoms with E-state index in [1.54, 1.807) is 5.57 Å². The molecule has 0 heterocycles. The zero-order chi connectivity index (χ0) is 9.73. The smallest absolute Gasteiger partial charge is 0.0265 e. The van der Waals surface area contributed by atoms with Gasteiger partial charge in [0.05, 0.1) is 0 Å². The first-order valence-electron chi connectivity index (χ1n) is 5.48. The quantitative estimate of drug-likeness (QED) is 0.595. The van der Waals surface area contributed by atoms with Gasteiger partial charge in [-0.2, -0.15) is 0 Å². The van der Waals surface area contributed by atoms with E-state index in [1.165, 1.54) is 32.1 Å². The summed E-state index contributed by atoms with van der Waals surface area (Å²) in [5.41, 5.74) is 2.15. The van der Waals surface area contributed by atoms with Gasteiger partial charge in [0.2, 0.25) is 0 Å². The Balaban J connectivity index is 2.46. The molecular weight excluding hydrogens is 156 g/mol. The van der Waals surface area contributed by atoms with E-state index in [1.807, 2.05) is 0 Å². The monoisotopic (exact) mass is 178 g/mol. The SMILES string of the molecule is CCCC(C)(C)CC1=CC=CCC1. The van der Waals surface area contributed by atoms with Gasteiger partial charge >= 0.3 is 0 Å². The molecule has 0 spiro atoms. The second kappa shape index (κ2) is 4.64. The van der Waals surface area contributed by atoms with Crippen LogP contribution in [0.2, 0.25) is 0 Å². The van der Waals surface area contributed by atoms with Gasteiger partial charge in [0.25, 0.3) is 0 Å². The van der Waals surface area contributed by atoms with Crippen molar-refractivity contribution in [3.05, 3.63) is 23.8 Å². The van der Waals surface area contributed by atoms with E-state index in [0.717, 1.165) is 0 Å². The van der Waals surface area contributed by atoms with Crippen molar-refractivity contribution in [1.29, 1.82) is 0 Å². The second-order valence-electron chi connectivity index (χ2n) is 4.88. The van der Waals surface area contributed by atoms with Crippen molar-refractivity contribution in [2.45, 2.75) is 52.9 Å². The molecule has 0 fully saturated rings. The molecule has 0 unspecified atom stereocenters. The first-order valence-corrected chi connectivity index (χ1v) is 5.48. The summed E-state index contributed by atoms with van der Waals surface area (Å²) >= 11 is 0. The molecular formula is C13H22. The number of hydrogen-bond acceptors (Lipinski definition) is 0. The number of allylic oxidation sites excluding steroid dienone is 4. The van der Waals surface area contributed by atoms with Gasteiger partial charge in [-0.25, -0.2) is 0 Å². The van der Waals surface area contributed by atoms with Crippen molar-refractivity contribution >= 4 is 0 Å². The zero-order valence-corrected chi connectivity index (χ0v) is 9.27. The molecule has 74 valence electrons. The van der Waals surface area contributed by atoms with Crippen LogP contribution < -0.4 is 0 Å². The summed E-state index contributed by atoms with van der Waals surface area (Å²) in [4.78, 5) is 0. The van der Waals surface area contributed by atoms with E-state index >= 15 is 0 Å². The fourth-order valence-corrected chi connectivity index (χ4v) is 2.18. The highest BCUT2D eigenvalue weighted by atomic mass is 14.2. The van der Waals surface area contributed by atoms with E-state index in [0.29, 0.717) is 5.41 Å². The van der Waals surface area contributed by atoms with Crippen LogP contribution in [0.1, 0.15) is 52.9 Å². The fourth-order valence-electron chi connectivity index (χ4n) is 2.18. The van der Waals surface area contributed by atoms with Crippen molar-refractivity contribution in [2.24, 2.45) is 5.41 Å². The van der Waals surface area contributed by atoms with Gasteiger partial charge in [-0.15, -0.1) is 0 Å². The highest BCUT2D eigenvalue weighted by molar-refractivity contribution is 5.18. The number of rotatable bonds is 4. The van der Waals surface area contributed by atoms with Crippen LogP contribution >= 0.6 is 0 Å². The normalized spacial score (nSPS) is 17.3. The molecule has 0 N–H and O–H groups in total. The summed E-state index contributed by atoms with van der Waals surface area (Å²) in [5.74, 6) is 0. The predicted molar refractivity (Wildman–Crippen MR) is 59.8 cm³/mol. The van der Waals surface area contributed by atoms with Crippen molar-refractivity contribution in [2.75, 3.05) is 0 Å². The van der Waals surface area contributed by atoms with Crippen molar-refractivity contribution in [1.82, 2.24) is 0 Å². The van der Waals surface area contributed by atoms with Crippen molar-refractivity contribution < 1.29 is 0 Å². The summed E-state index contributed by atoms with van der Waals surface area (Å²) in [6, 6.07) is 0. The second-order valence-corrected chi connectivity index (χ2v) is 4.88. The van der Waals surface area contributed by atoms with Crippen LogP contribution in [0.4, 0.5) is 0 Å². The van der Waals surface area contributed by atoms with Gasteiger partial charge < -0.3 is 0 Å². The molecule has 1 rings (SSSR count). The Kier molecular flexibility index (Phi) is 3.77. The molecule has 0 saturated heterocycles. The maximum atomic E-state index is 2.38. The molecule has 0 aliphatic heterocycles. The Labute approximate surface area is 82.7 Å². The minimum atomic E-state index is 0.506. The third-order valence-corrected chi connectivity index (χ3v) is 2.73. The highest BCUT2D eigenvalue weighted by Crippen LogP contribution is 2.32. The van der Waals surface area contributed by atoms with E-state index in [4.69, 9.17) is 0 Å². The molecule has 0 heteroatoms. The summed E-state index contributed by atoms with van der Waals surface area (Å²) in [5, 5.41) is 0. The van der Waals surface area contributed by atoms with E-state index < -0.39 is 0 Å². The lowest BCUT2D eigenvalue weighted by atomic mass is 9.80. The standard InChI is InChI=1S/C13H22/c1-4-10-13(2,3)11-12-8-6-5-7-9-12/h5-6,8H,4,7,9-11H2,1-3H3. The minimum absolute atomic E-state index is 0.506. The maximum absolute atomic E-state index is 2.38. The van der Waals surface area contributed by atoms with Crippen LogP contribution in [0, 0.1) is 5.41 Å². The van der Waals surface area contributed by atoms with E-state index in [9.17, 15) is 0 Å². The van der Waals surface area contributed by atoms with Gasteiger partial charge in [-0.1, -0.05) is 51.0 Å². The van der Waals surface area contributed by atoms with Gasteiger partial charge in [0.15, 0.2) is 0 Å². The Hall–Kier alpha value is -0.520. The van der Waals surface area contributed by atoms with E-state index in [-0.39, 0.29) is 0 Å². The molecule has 0 aromatic heterocycles. The lowest BCUT2D eigenvalue weighted by Crippen LogP contribution is -2.12. The van der Waals surface area contributed by atoms with Gasteiger partial charge in [0.1, 0.15) is 0 Å². The maximum Gasteiger partial charge on any atom is -0.0265 e. The predicted octanol–water partition coefficient (Wildman–Crippen LogP) is 4.48. The Morgan fingerprint density at radius 2 is 2.15 bits per heavy atom. The number of hydrogen-bond donors (Lipinski definition) is 0. The third kappa shape index (κ3) is 3.80. The Morgan fingerprint density at radius 3 is 2.69 bits per heavy atom. The highest BCUT2D eigenvalue weighted by Gasteiger charge is 2.18. The van der Waals surface area contributed by atoms with Gasteiger partial charge in [-0.3, -0.25) is 0 Å². The largest absolute Gasteiger partial charge is 0.0842 e. The first kappa shape index (κ1) is 10.6. The molecule has 1 aliphatic carbocycles. The van der Waals surface area contributed by atoms with Crippen LogP contribution in [-0.4, -0.2) is 0 Å². The van der Waals surface area contributed by atoms with E-state index in [2.05, 4.69) is 39.0 Å². The van der Waals surface area contributed by atoms with Crippen molar-refractivity contribution in [3.8, 4) is 0 Å². The van der Waals surface area contributed by atoms with Crippen LogP contribution in [0.5, 0.6) is 0 Å². The first-order chi connectivity index (χ1) is 6.14. The summed E-state index contributed by atoms with van der Waals surface area (Å²) < 4.78 is 0. The minimum Gasteiger partial charge on any atom is -0.0842 e. The lowest BCUT2D eigenvalue weighted by Gasteiger charge is -2.26. The average molecular weight is 178 g/mol. The van der Waals surface area contributed by atoms with Crippen molar-refractivity contribution in [3.63, 3.8) is 0 Å². The van der Waals surface area contributed by atoms with Gasteiger partial charge in [-0.05, 0) is 31.1 Å². The molecule has 0 radical (unpaired) electrons. The average Bonchev–Trinajstić information content (AvgIpc) is 2.04. The third-order valence-electron chi connectivity index (χ3n) is 2.73. The summed E-state index contributed by atoms with van der Waals surface area (Å²) in [7, 11) is 0. The zero-order valence-electron chi connectivity index (χ0n) is 9.27. The molecule has 1 aliphatic rings. The van der Waals surface area contributed by atoms with Gasteiger partial charge in [0, 0.05) is 0 Å². The van der Waals surface area contributed by atoms with Crippen LogP contribution in [0.15, 0.2) is 23.8 Å². The molecule has 0 amide bonds. The Bertz CT molecular complexity index is 206. The summed E-state index contributed by atoms with van der Waals surface area (Å²) in [6.07, 6.45) is 13.2. The topological polar surface area (TPSA) is 0 Å². The molecule has 0 saturated carbocycles. The van der Waals surface area contributed by atoms with Crippen LogP contribution in [0.3, 0.4) is 0 Å². The molecule has 0 atom stereocenters. The van der Waals surface area contributed by atoms with Crippen LogP contribution in [-0.2, 0) is 0 Å². The molecule has 13 heavy (non-hydrogen) atoms.